The lowest BCUT2D eigenvalue weighted by atomic mass is 9.69. The third kappa shape index (κ3) is 5.94. The highest BCUT2D eigenvalue weighted by molar-refractivity contribution is 7.15. The van der Waals surface area contributed by atoms with E-state index in [1.807, 2.05) is 36.4 Å². The Hall–Kier alpha value is -3.64. The average molecular weight is 521 g/mol. The fourth-order valence-corrected chi connectivity index (χ4v) is 5.84. The van der Waals surface area contributed by atoms with Crippen LogP contribution in [0.4, 0.5) is 10.3 Å². The minimum Gasteiger partial charge on any atom is -0.300 e. The standard InChI is InChI=1S/C24H24N8O2S2/c1-14(21-29-31-23(35-21)27-19(33)12-17-6-2-4-8-25-17)15-10-16(11-15)22-30-32-24(36-22)28-20(34)13-18-7-3-5-9-26-18/h2-9,14-16H,10-13H2,1H3,(H,27,31,33)(H,28,32,34)/t14-,15-,16+/m0/s1. The lowest BCUT2D eigenvalue weighted by molar-refractivity contribution is -0.116. The van der Waals surface area contributed by atoms with Gasteiger partial charge in [-0.1, -0.05) is 41.7 Å². The maximum atomic E-state index is 12.3. The van der Waals surface area contributed by atoms with E-state index in [1.54, 1.807) is 12.4 Å². The van der Waals surface area contributed by atoms with Crippen molar-refractivity contribution >= 4 is 44.8 Å². The van der Waals surface area contributed by atoms with Crippen molar-refractivity contribution in [1.29, 1.82) is 0 Å². The molecule has 1 aliphatic carbocycles. The molecule has 2 N–H and O–H groups in total. The van der Waals surface area contributed by atoms with E-state index in [4.69, 9.17) is 0 Å². The van der Waals surface area contributed by atoms with E-state index in [0.717, 1.165) is 22.9 Å². The summed E-state index contributed by atoms with van der Waals surface area (Å²) in [6.45, 7) is 2.14. The van der Waals surface area contributed by atoms with Crippen molar-refractivity contribution in [2.45, 2.75) is 44.4 Å². The number of aromatic nitrogens is 6. The molecule has 1 aliphatic rings. The summed E-state index contributed by atoms with van der Waals surface area (Å²) in [6, 6.07) is 11.0. The Labute approximate surface area is 215 Å². The van der Waals surface area contributed by atoms with Crippen LogP contribution in [0.15, 0.2) is 48.8 Å². The van der Waals surface area contributed by atoms with E-state index in [1.165, 1.54) is 22.7 Å². The molecule has 184 valence electrons. The van der Waals surface area contributed by atoms with E-state index >= 15 is 0 Å². The minimum atomic E-state index is -0.160. The first-order chi connectivity index (χ1) is 17.5. The summed E-state index contributed by atoms with van der Waals surface area (Å²) in [6.07, 6.45) is 5.68. The summed E-state index contributed by atoms with van der Waals surface area (Å²) in [5, 5.41) is 25.4. The Morgan fingerprint density at radius 1 is 0.861 bits per heavy atom. The second kappa shape index (κ2) is 11.0. The molecular weight excluding hydrogens is 496 g/mol. The van der Waals surface area contributed by atoms with Crippen molar-refractivity contribution in [3.05, 3.63) is 70.2 Å². The Kier molecular flexibility index (Phi) is 7.33. The summed E-state index contributed by atoms with van der Waals surface area (Å²) in [7, 11) is 0. The van der Waals surface area contributed by atoms with Crippen molar-refractivity contribution in [3.63, 3.8) is 0 Å². The van der Waals surface area contributed by atoms with Gasteiger partial charge in [0.05, 0.1) is 12.8 Å². The number of anilines is 2. The Morgan fingerprint density at radius 2 is 1.44 bits per heavy atom. The predicted octanol–water partition coefficient (Wildman–Crippen LogP) is 3.84. The summed E-state index contributed by atoms with van der Waals surface area (Å²) >= 11 is 2.84. The van der Waals surface area contributed by atoms with Gasteiger partial charge < -0.3 is 10.6 Å². The molecule has 1 atom stereocenters. The first-order valence-electron chi connectivity index (χ1n) is 11.6. The fraction of sp³-hybridized carbons (Fsp3) is 0.333. The predicted molar refractivity (Wildman–Crippen MR) is 137 cm³/mol. The van der Waals surface area contributed by atoms with Crippen LogP contribution in [0.25, 0.3) is 0 Å². The van der Waals surface area contributed by atoms with Gasteiger partial charge in [0.2, 0.25) is 22.1 Å². The highest BCUT2D eigenvalue weighted by atomic mass is 32.1. The van der Waals surface area contributed by atoms with E-state index in [0.29, 0.717) is 33.5 Å². The third-order valence-electron chi connectivity index (χ3n) is 6.13. The SMILES string of the molecule is C[C@H](c1nnc(NC(=O)Cc2ccccn2)s1)[C@H]1C[C@@H](c2nnc(NC(=O)Cc3ccccn3)s2)C1. The molecule has 2 amide bonds. The molecule has 0 aromatic carbocycles. The number of nitrogens with one attached hydrogen (secondary N) is 2. The molecule has 10 nitrogen and oxygen atoms in total. The number of hydrogen-bond donors (Lipinski definition) is 2. The van der Waals surface area contributed by atoms with Crippen LogP contribution in [0.1, 0.15) is 53.0 Å². The Bertz CT molecular complexity index is 1320. The largest absolute Gasteiger partial charge is 0.300 e. The fourth-order valence-electron chi connectivity index (χ4n) is 4.05. The van der Waals surface area contributed by atoms with Crippen LogP contribution in [0, 0.1) is 5.92 Å². The van der Waals surface area contributed by atoms with Gasteiger partial charge in [-0.05, 0) is 43.0 Å². The second-order valence-electron chi connectivity index (χ2n) is 8.70. The molecule has 1 fully saturated rings. The zero-order valence-electron chi connectivity index (χ0n) is 19.5. The highest BCUT2D eigenvalue weighted by Gasteiger charge is 2.38. The Morgan fingerprint density at radius 3 is 2.03 bits per heavy atom. The van der Waals surface area contributed by atoms with Gasteiger partial charge in [-0.3, -0.25) is 19.6 Å². The van der Waals surface area contributed by atoms with Crippen LogP contribution in [0.3, 0.4) is 0 Å². The topological polar surface area (TPSA) is 136 Å². The molecule has 0 bridgehead atoms. The maximum Gasteiger partial charge on any atom is 0.232 e. The molecule has 0 unspecified atom stereocenters. The van der Waals surface area contributed by atoms with Crippen molar-refractivity contribution < 1.29 is 9.59 Å². The number of rotatable bonds is 9. The summed E-state index contributed by atoms with van der Waals surface area (Å²) in [5.74, 6) is 0.682. The van der Waals surface area contributed by atoms with Crippen LogP contribution in [-0.4, -0.2) is 42.2 Å². The number of amides is 2. The number of nitrogens with zero attached hydrogens (tertiary/aromatic N) is 6. The quantitative estimate of drug-likeness (QED) is 0.340. The van der Waals surface area contributed by atoms with Crippen molar-refractivity contribution in [2.24, 2.45) is 5.92 Å². The zero-order chi connectivity index (χ0) is 24.9. The van der Waals surface area contributed by atoms with Gasteiger partial charge in [0.25, 0.3) is 0 Å². The molecule has 12 heteroatoms. The summed E-state index contributed by atoms with van der Waals surface area (Å²) in [4.78, 5) is 32.9. The minimum absolute atomic E-state index is 0.157. The Balaban J connectivity index is 1.09. The lowest BCUT2D eigenvalue weighted by Gasteiger charge is -2.36. The van der Waals surface area contributed by atoms with Crippen LogP contribution >= 0.6 is 22.7 Å². The van der Waals surface area contributed by atoms with Gasteiger partial charge in [0, 0.05) is 35.6 Å². The first kappa shape index (κ1) is 24.1. The van der Waals surface area contributed by atoms with Crippen molar-refractivity contribution in [2.75, 3.05) is 10.6 Å². The molecule has 0 spiro atoms. The molecular formula is C24H24N8O2S2. The number of carbonyl (C=O) groups excluding carboxylic acids is 2. The molecule has 0 aliphatic heterocycles. The molecule has 4 aromatic heterocycles. The van der Waals surface area contributed by atoms with Crippen molar-refractivity contribution in [3.8, 4) is 0 Å². The van der Waals surface area contributed by atoms with E-state index < -0.39 is 0 Å². The van der Waals surface area contributed by atoms with Gasteiger partial charge >= 0.3 is 0 Å². The third-order valence-corrected chi connectivity index (χ3v) is 8.17. The number of hydrogen-bond acceptors (Lipinski definition) is 10. The van der Waals surface area contributed by atoms with Crippen molar-refractivity contribution in [1.82, 2.24) is 30.4 Å². The molecule has 4 aromatic rings. The summed E-state index contributed by atoms with van der Waals surface area (Å²) < 4.78 is 0. The monoisotopic (exact) mass is 520 g/mol. The smallest absolute Gasteiger partial charge is 0.232 e. The van der Waals surface area contributed by atoms with Gasteiger partial charge in [0.1, 0.15) is 10.0 Å². The second-order valence-corrected chi connectivity index (χ2v) is 10.7. The van der Waals surface area contributed by atoms with Crippen LogP contribution in [-0.2, 0) is 22.4 Å². The van der Waals surface area contributed by atoms with Crippen LogP contribution in [0.5, 0.6) is 0 Å². The van der Waals surface area contributed by atoms with Crippen LogP contribution in [0.2, 0.25) is 0 Å². The zero-order valence-corrected chi connectivity index (χ0v) is 21.1. The van der Waals surface area contributed by atoms with Crippen LogP contribution < -0.4 is 10.6 Å². The summed E-state index contributed by atoms with van der Waals surface area (Å²) in [5.41, 5.74) is 1.42. The molecule has 4 heterocycles. The maximum absolute atomic E-state index is 12.3. The lowest BCUT2D eigenvalue weighted by Crippen LogP contribution is -2.26. The molecule has 1 saturated carbocycles. The molecule has 5 rings (SSSR count). The number of carbonyl (C=O) groups is 2. The van der Waals surface area contributed by atoms with Gasteiger partial charge in [0.15, 0.2) is 0 Å². The molecule has 0 saturated heterocycles. The molecule has 0 radical (unpaired) electrons. The van der Waals surface area contributed by atoms with E-state index in [9.17, 15) is 9.59 Å². The van der Waals surface area contributed by atoms with Gasteiger partial charge in [-0.15, -0.1) is 20.4 Å². The highest BCUT2D eigenvalue weighted by Crippen LogP contribution is 2.49. The first-order valence-corrected chi connectivity index (χ1v) is 13.2. The number of pyridine rings is 2. The average Bonchev–Trinajstić information content (AvgIpc) is 3.49. The van der Waals surface area contributed by atoms with E-state index in [2.05, 4.69) is 47.9 Å². The normalized spacial score (nSPS) is 17.7. The van der Waals surface area contributed by atoms with E-state index in [-0.39, 0.29) is 30.6 Å². The van der Waals surface area contributed by atoms with Gasteiger partial charge in [-0.2, -0.15) is 0 Å². The van der Waals surface area contributed by atoms with Gasteiger partial charge in [-0.25, -0.2) is 0 Å². The molecule has 36 heavy (non-hydrogen) atoms.